The van der Waals surface area contributed by atoms with E-state index in [9.17, 15) is 14.7 Å². The lowest BCUT2D eigenvalue weighted by Gasteiger charge is -2.04. The van der Waals surface area contributed by atoms with Gasteiger partial charge >= 0.3 is 5.97 Å². The van der Waals surface area contributed by atoms with E-state index in [0.29, 0.717) is 5.56 Å². The zero-order valence-corrected chi connectivity index (χ0v) is 13.9. The number of hydrogen-bond donors (Lipinski definition) is 1. The Balaban J connectivity index is 2.08. The number of benzene rings is 1. The third-order valence-corrected chi connectivity index (χ3v) is 4.40. The standard InChI is InChI=1S/C19H20O3S/c1-2-3-5-14-7-9-15(10-8-14)18(20)13-16(19(21)22)12-17-6-4-11-23-17/h4,6-12H,2-3,5,13H2,1H3,(H,21,22). The molecule has 0 atom stereocenters. The summed E-state index contributed by atoms with van der Waals surface area (Å²) in [5.41, 5.74) is 1.88. The predicted octanol–water partition coefficient (Wildman–Crippen LogP) is 4.83. The number of Topliss-reactive ketones (excluding diaryl/α,β-unsaturated/α-hetero) is 1. The van der Waals surface area contributed by atoms with Gasteiger partial charge in [0.05, 0.1) is 0 Å². The quantitative estimate of drug-likeness (QED) is 0.557. The van der Waals surface area contributed by atoms with E-state index in [4.69, 9.17) is 0 Å². The van der Waals surface area contributed by atoms with Gasteiger partial charge in [-0.3, -0.25) is 4.79 Å². The molecule has 0 aliphatic heterocycles. The summed E-state index contributed by atoms with van der Waals surface area (Å²) in [6.07, 6.45) is 4.74. The number of carboxylic acids is 1. The fourth-order valence-electron chi connectivity index (χ4n) is 2.25. The fourth-order valence-corrected chi connectivity index (χ4v) is 2.93. The molecule has 0 saturated carbocycles. The average Bonchev–Trinajstić information content (AvgIpc) is 3.05. The summed E-state index contributed by atoms with van der Waals surface area (Å²) >= 11 is 1.45. The highest BCUT2D eigenvalue weighted by atomic mass is 32.1. The number of aryl methyl sites for hydroxylation is 1. The number of ketones is 1. The largest absolute Gasteiger partial charge is 0.478 e. The van der Waals surface area contributed by atoms with Crippen molar-refractivity contribution in [1.82, 2.24) is 0 Å². The van der Waals surface area contributed by atoms with E-state index in [1.807, 2.05) is 29.6 Å². The maximum Gasteiger partial charge on any atom is 0.332 e. The molecular weight excluding hydrogens is 308 g/mol. The zero-order valence-electron chi connectivity index (χ0n) is 13.1. The third kappa shape index (κ3) is 5.18. The summed E-state index contributed by atoms with van der Waals surface area (Å²) in [4.78, 5) is 24.5. The Morgan fingerprint density at radius 3 is 2.48 bits per heavy atom. The molecule has 1 heterocycles. The molecule has 0 aliphatic rings. The molecule has 0 fully saturated rings. The summed E-state index contributed by atoms with van der Waals surface area (Å²) in [7, 11) is 0. The highest BCUT2D eigenvalue weighted by Crippen LogP contribution is 2.18. The van der Waals surface area contributed by atoms with Crippen molar-refractivity contribution in [3.8, 4) is 0 Å². The number of carbonyl (C=O) groups is 2. The molecule has 0 unspecified atom stereocenters. The summed E-state index contributed by atoms with van der Waals surface area (Å²) in [5.74, 6) is -1.22. The first-order chi connectivity index (χ1) is 11.1. The normalized spacial score (nSPS) is 11.4. The minimum Gasteiger partial charge on any atom is -0.478 e. The fraction of sp³-hybridized carbons (Fsp3) is 0.263. The Bertz CT molecular complexity index is 682. The molecule has 0 radical (unpaired) electrons. The van der Waals surface area contributed by atoms with Crippen LogP contribution in [0, 0.1) is 0 Å². The van der Waals surface area contributed by atoms with Crippen molar-refractivity contribution in [2.24, 2.45) is 0 Å². The SMILES string of the molecule is CCCCc1ccc(C(=O)CC(=Cc2cccs2)C(=O)O)cc1. The molecule has 2 aromatic rings. The van der Waals surface area contributed by atoms with Crippen LogP contribution in [0.3, 0.4) is 0 Å². The maximum absolute atomic E-state index is 12.3. The van der Waals surface area contributed by atoms with Crippen molar-refractivity contribution in [3.05, 3.63) is 63.4 Å². The van der Waals surface area contributed by atoms with Gasteiger partial charge in [0.1, 0.15) is 0 Å². The second kappa shape index (κ2) is 8.44. The molecule has 3 nitrogen and oxygen atoms in total. The maximum atomic E-state index is 12.3. The van der Waals surface area contributed by atoms with Crippen LogP contribution in [0.15, 0.2) is 47.4 Å². The molecule has 0 saturated heterocycles. The Morgan fingerprint density at radius 2 is 1.91 bits per heavy atom. The van der Waals surface area contributed by atoms with E-state index in [1.54, 1.807) is 18.2 Å². The number of hydrogen-bond acceptors (Lipinski definition) is 3. The topological polar surface area (TPSA) is 54.4 Å². The van der Waals surface area contributed by atoms with E-state index < -0.39 is 5.97 Å². The summed E-state index contributed by atoms with van der Waals surface area (Å²) in [6, 6.07) is 11.2. The second-order valence-electron chi connectivity index (χ2n) is 5.39. The minimum absolute atomic E-state index is 0.0957. The first-order valence-electron chi connectivity index (χ1n) is 7.69. The van der Waals surface area contributed by atoms with Crippen LogP contribution in [-0.2, 0) is 11.2 Å². The Kier molecular flexibility index (Phi) is 6.29. The van der Waals surface area contributed by atoms with Crippen LogP contribution >= 0.6 is 11.3 Å². The monoisotopic (exact) mass is 328 g/mol. The van der Waals surface area contributed by atoms with Gasteiger partial charge in [0.15, 0.2) is 5.78 Å². The molecule has 120 valence electrons. The van der Waals surface area contributed by atoms with E-state index in [1.165, 1.54) is 16.9 Å². The highest BCUT2D eigenvalue weighted by Gasteiger charge is 2.15. The number of carbonyl (C=O) groups excluding carboxylic acids is 1. The summed E-state index contributed by atoms with van der Waals surface area (Å²) in [5, 5.41) is 11.2. The predicted molar refractivity (Wildman–Crippen MR) is 93.9 cm³/mol. The number of aliphatic carboxylic acids is 1. The molecular formula is C19H20O3S. The van der Waals surface area contributed by atoms with E-state index in [0.717, 1.165) is 24.1 Å². The molecule has 1 aromatic carbocycles. The molecule has 0 spiro atoms. The van der Waals surface area contributed by atoms with Crippen molar-refractivity contribution in [3.63, 3.8) is 0 Å². The van der Waals surface area contributed by atoms with Crippen molar-refractivity contribution in [2.75, 3.05) is 0 Å². The van der Waals surface area contributed by atoms with Crippen LogP contribution in [0.2, 0.25) is 0 Å². The first-order valence-corrected chi connectivity index (χ1v) is 8.57. The van der Waals surface area contributed by atoms with Gasteiger partial charge < -0.3 is 5.11 Å². The molecule has 1 N–H and O–H groups in total. The number of rotatable bonds is 8. The molecule has 0 bridgehead atoms. The third-order valence-electron chi connectivity index (χ3n) is 3.58. The van der Waals surface area contributed by atoms with E-state index in [-0.39, 0.29) is 17.8 Å². The van der Waals surface area contributed by atoms with Gasteiger partial charge in [0.25, 0.3) is 0 Å². The van der Waals surface area contributed by atoms with Crippen molar-refractivity contribution >= 4 is 29.2 Å². The lowest BCUT2D eigenvalue weighted by molar-refractivity contribution is -0.132. The number of unbranched alkanes of at least 4 members (excludes halogenated alkanes) is 1. The Hall–Kier alpha value is -2.20. The first kappa shape index (κ1) is 17.2. The van der Waals surface area contributed by atoms with Crippen LogP contribution in [0.1, 0.15) is 47.0 Å². The van der Waals surface area contributed by atoms with Crippen molar-refractivity contribution < 1.29 is 14.7 Å². The minimum atomic E-state index is -1.05. The van der Waals surface area contributed by atoms with Crippen molar-refractivity contribution in [2.45, 2.75) is 32.6 Å². The van der Waals surface area contributed by atoms with Gasteiger partial charge in [-0.05, 0) is 35.9 Å². The van der Waals surface area contributed by atoms with Gasteiger partial charge in [0, 0.05) is 22.4 Å². The molecule has 0 amide bonds. The van der Waals surface area contributed by atoms with Crippen LogP contribution < -0.4 is 0 Å². The molecule has 1 aromatic heterocycles. The average molecular weight is 328 g/mol. The molecule has 0 aliphatic carbocycles. The molecule has 23 heavy (non-hydrogen) atoms. The summed E-state index contributed by atoms with van der Waals surface area (Å²) < 4.78 is 0. The zero-order chi connectivity index (χ0) is 16.7. The van der Waals surface area contributed by atoms with Gasteiger partial charge in [-0.25, -0.2) is 4.79 Å². The van der Waals surface area contributed by atoms with Crippen molar-refractivity contribution in [1.29, 1.82) is 0 Å². The number of thiophene rings is 1. The lowest BCUT2D eigenvalue weighted by Crippen LogP contribution is -2.08. The van der Waals surface area contributed by atoms with Gasteiger partial charge in [-0.2, -0.15) is 0 Å². The van der Waals surface area contributed by atoms with Crippen LogP contribution in [-0.4, -0.2) is 16.9 Å². The lowest BCUT2D eigenvalue weighted by atomic mass is 10.00. The van der Waals surface area contributed by atoms with E-state index in [2.05, 4.69) is 6.92 Å². The van der Waals surface area contributed by atoms with E-state index >= 15 is 0 Å². The molecule has 2 rings (SSSR count). The van der Waals surface area contributed by atoms with Crippen LogP contribution in [0.4, 0.5) is 0 Å². The van der Waals surface area contributed by atoms with Crippen LogP contribution in [0.5, 0.6) is 0 Å². The van der Waals surface area contributed by atoms with Gasteiger partial charge in [0.2, 0.25) is 0 Å². The van der Waals surface area contributed by atoms with Gasteiger partial charge in [-0.1, -0.05) is 43.7 Å². The smallest absolute Gasteiger partial charge is 0.332 e. The Morgan fingerprint density at radius 1 is 1.17 bits per heavy atom. The summed E-state index contributed by atoms with van der Waals surface area (Å²) in [6.45, 7) is 2.14. The highest BCUT2D eigenvalue weighted by molar-refractivity contribution is 7.10. The number of carboxylic acid groups (broad SMARTS) is 1. The second-order valence-corrected chi connectivity index (χ2v) is 6.37. The Labute approximate surface area is 140 Å². The van der Waals surface area contributed by atoms with Crippen LogP contribution in [0.25, 0.3) is 6.08 Å². The van der Waals surface area contributed by atoms with Gasteiger partial charge in [-0.15, -0.1) is 11.3 Å². The molecule has 4 heteroatoms.